The number of aryl methyl sites for hydroxylation is 1. The second kappa shape index (κ2) is 5.10. The molecule has 1 N–H and O–H groups in total. The first-order chi connectivity index (χ1) is 10.1. The number of hydrogen-bond donors (Lipinski definition) is 1. The van der Waals surface area contributed by atoms with Gasteiger partial charge in [0.25, 0.3) is 0 Å². The maximum absolute atomic E-state index is 11.5. The number of halogens is 1. The lowest BCUT2D eigenvalue weighted by atomic mass is 10.1. The first kappa shape index (κ1) is 13.5. The van der Waals surface area contributed by atoms with E-state index in [1.54, 1.807) is 37.5 Å². The van der Waals surface area contributed by atoms with Gasteiger partial charge in [0.15, 0.2) is 0 Å². The van der Waals surface area contributed by atoms with Crippen LogP contribution in [0.25, 0.3) is 22.3 Å². The van der Waals surface area contributed by atoms with Gasteiger partial charge in [0.05, 0.1) is 27.5 Å². The largest absolute Gasteiger partial charge is 0.478 e. The van der Waals surface area contributed by atoms with E-state index in [1.807, 2.05) is 0 Å². The van der Waals surface area contributed by atoms with Gasteiger partial charge in [-0.2, -0.15) is 0 Å². The highest BCUT2D eigenvalue weighted by Gasteiger charge is 2.16. The van der Waals surface area contributed by atoms with Gasteiger partial charge in [-0.3, -0.25) is 9.97 Å². The predicted octanol–water partition coefficient (Wildman–Crippen LogP) is 3.35. The van der Waals surface area contributed by atoms with E-state index in [1.165, 1.54) is 6.07 Å². The van der Waals surface area contributed by atoms with E-state index in [4.69, 9.17) is 11.6 Å². The minimum Gasteiger partial charge on any atom is -0.478 e. The lowest BCUT2D eigenvalue weighted by Crippen LogP contribution is -2.02. The fraction of sp³-hybridized carbons (Fsp3) is 0.0667. The van der Waals surface area contributed by atoms with E-state index in [-0.39, 0.29) is 5.56 Å². The fourth-order valence-electron chi connectivity index (χ4n) is 2.19. The standard InChI is InChI=1S/C15H10ClN3O2/c1-8-14(18-6-5-17-8)12-7-9(15(20)21)13-10(16)3-2-4-11(13)19-12/h2-7H,1H3,(H,20,21). The van der Waals surface area contributed by atoms with Crippen LogP contribution in [-0.4, -0.2) is 26.0 Å². The molecule has 104 valence electrons. The number of pyridine rings is 1. The van der Waals surface area contributed by atoms with Gasteiger partial charge in [-0.15, -0.1) is 0 Å². The summed E-state index contributed by atoms with van der Waals surface area (Å²) in [4.78, 5) is 24.4. The molecule has 0 unspecified atom stereocenters. The Hall–Kier alpha value is -2.53. The number of benzene rings is 1. The molecule has 5 nitrogen and oxygen atoms in total. The van der Waals surface area contributed by atoms with E-state index >= 15 is 0 Å². The summed E-state index contributed by atoms with van der Waals surface area (Å²) >= 11 is 6.10. The van der Waals surface area contributed by atoms with Gasteiger partial charge in [-0.25, -0.2) is 9.78 Å². The van der Waals surface area contributed by atoms with Crippen molar-refractivity contribution in [2.75, 3.05) is 0 Å². The summed E-state index contributed by atoms with van der Waals surface area (Å²) in [5.74, 6) is -1.06. The molecular weight excluding hydrogens is 290 g/mol. The predicted molar refractivity (Wildman–Crippen MR) is 79.5 cm³/mol. The third-order valence-electron chi connectivity index (χ3n) is 3.14. The van der Waals surface area contributed by atoms with Crippen molar-refractivity contribution in [1.29, 1.82) is 0 Å². The lowest BCUT2D eigenvalue weighted by Gasteiger charge is -2.09. The fourth-order valence-corrected chi connectivity index (χ4v) is 2.46. The maximum Gasteiger partial charge on any atom is 0.336 e. The van der Waals surface area contributed by atoms with Crippen molar-refractivity contribution < 1.29 is 9.90 Å². The summed E-state index contributed by atoms with van der Waals surface area (Å²) in [5, 5.41) is 10.2. The minimum absolute atomic E-state index is 0.102. The highest BCUT2D eigenvalue weighted by Crippen LogP contribution is 2.29. The monoisotopic (exact) mass is 299 g/mol. The van der Waals surface area contributed by atoms with Crippen molar-refractivity contribution >= 4 is 28.5 Å². The molecule has 0 amide bonds. The van der Waals surface area contributed by atoms with E-state index in [0.717, 1.165) is 0 Å². The zero-order valence-electron chi connectivity index (χ0n) is 11.0. The first-order valence-electron chi connectivity index (χ1n) is 6.18. The lowest BCUT2D eigenvalue weighted by molar-refractivity contribution is 0.0699. The van der Waals surface area contributed by atoms with Gasteiger partial charge >= 0.3 is 5.97 Å². The second-order valence-corrected chi connectivity index (χ2v) is 4.89. The van der Waals surface area contributed by atoms with Crippen molar-refractivity contribution in [3.8, 4) is 11.4 Å². The molecule has 0 aliphatic carbocycles. The van der Waals surface area contributed by atoms with Crippen LogP contribution in [0.2, 0.25) is 5.02 Å². The molecule has 0 radical (unpaired) electrons. The first-order valence-corrected chi connectivity index (χ1v) is 6.56. The average molecular weight is 300 g/mol. The van der Waals surface area contributed by atoms with Crippen molar-refractivity contribution in [2.45, 2.75) is 6.92 Å². The Balaban J connectivity index is 2.37. The number of carboxylic acids is 1. The Labute approximate surface area is 125 Å². The van der Waals surface area contributed by atoms with Crippen LogP contribution >= 0.6 is 11.6 Å². The van der Waals surface area contributed by atoms with Crippen molar-refractivity contribution in [2.24, 2.45) is 0 Å². The molecule has 2 heterocycles. The zero-order valence-corrected chi connectivity index (χ0v) is 11.8. The molecule has 1 aromatic carbocycles. The van der Waals surface area contributed by atoms with E-state index in [0.29, 0.717) is 33.0 Å². The molecule has 0 aliphatic heterocycles. The molecule has 21 heavy (non-hydrogen) atoms. The minimum atomic E-state index is -1.06. The van der Waals surface area contributed by atoms with Gasteiger partial charge in [-0.1, -0.05) is 17.7 Å². The van der Waals surface area contributed by atoms with Crippen LogP contribution in [0.15, 0.2) is 36.7 Å². The number of fused-ring (bicyclic) bond motifs is 1. The van der Waals surface area contributed by atoms with Crippen LogP contribution < -0.4 is 0 Å². The Morgan fingerprint density at radius 3 is 2.71 bits per heavy atom. The number of carboxylic acid groups (broad SMARTS) is 1. The molecule has 3 aromatic rings. The molecule has 0 spiro atoms. The summed E-state index contributed by atoms with van der Waals surface area (Å²) in [6, 6.07) is 6.58. The number of hydrogen-bond acceptors (Lipinski definition) is 4. The molecule has 0 saturated carbocycles. The molecule has 2 aromatic heterocycles. The van der Waals surface area contributed by atoms with Gasteiger partial charge in [0.1, 0.15) is 5.69 Å². The normalized spacial score (nSPS) is 10.8. The van der Waals surface area contributed by atoms with Gasteiger partial charge < -0.3 is 5.11 Å². The smallest absolute Gasteiger partial charge is 0.336 e. The molecule has 0 fully saturated rings. The molecule has 6 heteroatoms. The molecule has 0 bridgehead atoms. The number of rotatable bonds is 2. The Bertz CT molecular complexity index is 865. The summed E-state index contributed by atoms with van der Waals surface area (Å²) in [5.41, 5.74) is 2.32. The van der Waals surface area contributed by atoms with Crippen LogP contribution in [-0.2, 0) is 0 Å². The third-order valence-corrected chi connectivity index (χ3v) is 3.45. The SMILES string of the molecule is Cc1nccnc1-c1cc(C(=O)O)c2c(Cl)cccc2n1. The van der Waals surface area contributed by atoms with E-state index in [9.17, 15) is 9.90 Å². The molecule has 3 rings (SSSR count). The highest BCUT2D eigenvalue weighted by atomic mass is 35.5. The van der Waals surface area contributed by atoms with Crippen LogP contribution in [0.4, 0.5) is 0 Å². The second-order valence-electron chi connectivity index (χ2n) is 4.48. The van der Waals surface area contributed by atoms with Gasteiger partial charge in [-0.05, 0) is 25.1 Å². The van der Waals surface area contributed by atoms with Crippen LogP contribution in [0.3, 0.4) is 0 Å². The van der Waals surface area contributed by atoms with Crippen LogP contribution in [0.5, 0.6) is 0 Å². The topological polar surface area (TPSA) is 76.0 Å². The molecule has 0 aliphatic rings. The molecule has 0 atom stereocenters. The number of carbonyl (C=O) groups is 1. The van der Waals surface area contributed by atoms with Gasteiger partial charge in [0, 0.05) is 17.8 Å². The third kappa shape index (κ3) is 2.32. The highest BCUT2D eigenvalue weighted by molar-refractivity contribution is 6.36. The van der Waals surface area contributed by atoms with Crippen LogP contribution in [0, 0.1) is 6.92 Å². The average Bonchev–Trinajstić information content (AvgIpc) is 2.46. The Morgan fingerprint density at radius 1 is 1.24 bits per heavy atom. The molecule has 0 saturated heterocycles. The summed E-state index contributed by atoms with van der Waals surface area (Å²) in [6.07, 6.45) is 3.13. The van der Waals surface area contributed by atoms with Gasteiger partial charge in [0.2, 0.25) is 0 Å². The maximum atomic E-state index is 11.5. The quantitative estimate of drug-likeness (QED) is 0.785. The summed E-state index contributed by atoms with van der Waals surface area (Å²) < 4.78 is 0. The number of aromatic nitrogens is 3. The van der Waals surface area contributed by atoms with E-state index < -0.39 is 5.97 Å². The van der Waals surface area contributed by atoms with Crippen molar-refractivity contribution in [3.05, 3.63) is 52.9 Å². The number of nitrogens with zero attached hydrogens (tertiary/aromatic N) is 3. The summed E-state index contributed by atoms with van der Waals surface area (Å²) in [7, 11) is 0. The van der Waals surface area contributed by atoms with Crippen molar-refractivity contribution in [1.82, 2.24) is 15.0 Å². The number of aromatic carboxylic acids is 1. The molecular formula is C15H10ClN3O2. The summed E-state index contributed by atoms with van der Waals surface area (Å²) in [6.45, 7) is 1.80. The Morgan fingerprint density at radius 2 is 2.00 bits per heavy atom. The van der Waals surface area contributed by atoms with Crippen LogP contribution in [0.1, 0.15) is 16.1 Å². The van der Waals surface area contributed by atoms with E-state index in [2.05, 4.69) is 15.0 Å². The zero-order chi connectivity index (χ0) is 15.0. The van der Waals surface area contributed by atoms with Crippen molar-refractivity contribution in [3.63, 3.8) is 0 Å². The Kier molecular flexibility index (Phi) is 3.27.